The summed E-state index contributed by atoms with van der Waals surface area (Å²) >= 11 is 0. The third-order valence-corrected chi connectivity index (χ3v) is 2.21. The molecular formula is C11H22O. The van der Waals surface area contributed by atoms with Crippen molar-refractivity contribution >= 4 is 0 Å². The molecule has 0 aromatic carbocycles. The van der Waals surface area contributed by atoms with Gasteiger partial charge in [-0.2, -0.15) is 0 Å². The van der Waals surface area contributed by atoms with Gasteiger partial charge in [0.1, 0.15) is 0 Å². The molecule has 1 N–H and O–H groups in total. The Labute approximate surface area is 76.5 Å². The minimum atomic E-state index is -0.128. The summed E-state index contributed by atoms with van der Waals surface area (Å²) in [4.78, 5) is 0. The van der Waals surface area contributed by atoms with Gasteiger partial charge in [0.15, 0.2) is 0 Å². The van der Waals surface area contributed by atoms with Crippen LogP contribution in [0.15, 0.2) is 12.2 Å². The Morgan fingerprint density at radius 1 is 1.25 bits per heavy atom. The molecule has 0 rings (SSSR count). The van der Waals surface area contributed by atoms with Gasteiger partial charge in [0.25, 0.3) is 0 Å². The fourth-order valence-electron chi connectivity index (χ4n) is 1.15. The summed E-state index contributed by atoms with van der Waals surface area (Å²) in [5, 5.41) is 9.45. The number of hydrogen-bond acceptors (Lipinski definition) is 1. The summed E-state index contributed by atoms with van der Waals surface area (Å²) in [6, 6.07) is 0. The molecular weight excluding hydrogens is 148 g/mol. The van der Waals surface area contributed by atoms with Crippen molar-refractivity contribution in [1.82, 2.24) is 0 Å². The first-order chi connectivity index (χ1) is 5.72. The summed E-state index contributed by atoms with van der Waals surface area (Å²) in [6.45, 7) is 6.30. The van der Waals surface area contributed by atoms with Crippen LogP contribution in [-0.2, 0) is 0 Å². The van der Waals surface area contributed by atoms with Crippen molar-refractivity contribution in [1.29, 1.82) is 0 Å². The second kappa shape index (κ2) is 7.35. The van der Waals surface area contributed by atoms with Gasteiger partial charge in [-0.1, -0.05) is 39.3 Å². The van der Waals surface area contributed by atoms with Crippen molar-refractivity contribution in [2.45, 2.75) is 52.6 Å². The van der Waals surface area contributed by atoms with E-state index in [0.29, 0.717) is 5.92 Å². The maximum Gasteiger partial charge on any atom is 0.0566 e. The van der Waals surface area contributed by atoms with E-state index < -0.39 is 0 Å². The Kier molecular flexibility index (Phi) is 7.17. The van der Waals surface area contributed by atoms with Gasteiger partial charge in [-0.3, -0.25) is 0 Å². The Hall–Kier alpha value is -0.300. The predicted molar refractivity (Wildman–Crippen MR) is 54.1 cm³/mol. The maximum atomic E-state index is 9.45. The van der Waals surface area contributed by atoms with Gasteiger partial charge < -0.3 is 5.11 Å². The monoisotopic (exact) mass is 170 g/mol. The third-order valence-electron chi connectivity index (χ3n) is 2.21. The molecule has 0 bridgehead atoms. The largest absolute Gasteiger partial charge is 0.393 e. The molecule has 0 aliphatic carbocycles. The summed E-state index contributed by atoms with van der Waals surface area (Å²) < 4.78 is 0. The zero-order valence-corrected chi connectivity index (χ0v) is 8.59. The number of rotatable bonds is 6. The minimum Gasteiger partial charge on any atom is -0.393 e. The van der Waals surface area contributed by atoms with Crippen LogP contribution in [-0.4, -0.2) is 11.2 Å². The maximum absolute atomic E-state index is 9.45. The second-order valence-corrected chi connectivity index (χ2v) is 3.45. The molecule has 0 aliphatic heterocycles. The first-order valence-electron chi connectivity index (χ1n) is 5.05. The van der Waals surface area contributed by atoms with E-state index in [1.165, 1.54) is 6.42 Å². The van der Waals surface area contributed by atoms with E-state index in [9.17, 15) is 5.11 Å². The van der Waals surface area contributed by atoms with Gasteiger partial charge in [-0.15, -0.1) is 0 Å². The molecule has 0 aromatic rings. The quantitative estimate of drug-likeness (QED) is 0.607. The van der Waals surface area contributed by atoms with Gasteiger partial charge in [0.2, 0.25) is 0 Å². The first kappa shape index (κ1) is 11.7. The fraction of sp³-hybridized carbons (Fsp3) is 0.818. The van der Waals surface area contributed by atoms with Gasteiger partial charge in [-0.25, -0.2) is 0 Å². The van der Waals surface area contributed by atoms with Crippen LogP contribution >= 0.6 is 0 Å². The van der Waals surface area contributed by atoms with Crippen LogP contribution in [0.3, 0.4) is 0 Å². The van der Waals surface area contributed by atoms with E-state index in [-0.39, 0.29) is 6.10 Å². The average molecular weight is 170 g/mol. The smallest absolute Gasteiger partial charge is 0.0566 e. The van der Waals surface area contributed by atoms with Crippen LogP contribution < -0.4 is 0 Å². The van der Waals surface area contributed by atoms with Gasteiger partial charge in [0, 0.05) is 0 Å². The topological polar surface area (TPSA) is 20.2 Å². The zero-order valence-electron chi connectivity index (χ0n) is 8.59. The molecule has 0 aromatic heterocycles. The van der Waals surface area contributed by atoms with Gasteiger partial charge >= 0.3 is 0 Å². The van der Waals surface area contributed by atoms with E-state index in [4.69, 9.17) is 0 Å². The summed E-state index contributed by atoms with van der Waals surface area (Å²) in [6.07, 6.45) is 8.51. The first-order valence-corrected chi connectivity index (χ1v) is 5.05. The van der Waals surface area contributed by atoms with Crippen LogP contribution in [0.4, 0.5) is 0 Å². The predicted octanol–water partition coefficient (Wildman–Crippen LogP) is 3.14. The van der Waals surface area contributed by atoms with Crippen molar-refractivity contribution in [3.63, 3.8) is 0 Å². The Morgan fingerprint density at radius 2 is 1.92 bits per heavy atom. The van der Waals surface area contributed by atoms with Crippen LogP contribution in [0.25, 0.3) is 0 Å². The van der Waals surface area contributed by atoms with E-state index in [1.54, 1.807) is 0 Å². The average Bonchev–Trinajstić information content (AvgIpc) is 2.10. The highest BCUT2D eigenvalue weighted by Crippen LogP contribution is 2.11. The molecule has 0 saturated carbocycles. The molecule has 0 amide bonds. The molecule has 72 valence electrons. The SMILES string of the molecule is CCC/C=C/C[C@@H](C)C(O)CC. The second-order valence-electron chi connectivity index (χ2n) is 3.45. The number of hydrogen-bond donors (Lipinski definition) is 1. The van der Waals surface area contributed by atoms with Gasteiger partial charge in [0.05, 0.1) is 6.10 Å². The summed E-state index contributed by atoms with van der Waals surface area (Å²) in [7, 11) is 0. The highest BCUT2D eigenvalue weighted by molar-refractivity contribution is 4.84. The standard InChI is InChI=1S/C11H22O/c1-4-6-7-8-9-10(3)11(12)5-2/h7-8,10-12H,4-6,9H2,1-3H3/b8-7+/t10-,11?/m1/s1. The molecule has 0 fully saturated rings. The lowest BCUT2D eigenvalue weighted by atomic mass is 9.99. The Balaban J connectivity index is 3.48. The molecule has 1 unspecified atom stereocenters. The van der Waals surface area contributed by atoms with Crippen LogP contribution in [0.5, 0.6) is 0 Å². The molecule has 0 heterocycles. The van der Waals surface area contributed by atoms with Crippen LogP contribution in [0.2, 0.25) is 0 Å². The van der Waals surface area contributed by atoms with Crippen LogP contribution in [0, 0.1) is 5.92 Å². The van der Waals surface area contributed by atoms with Crippen molar-refractivity contribution in [2.24, 2.45) is 5.92 Å². The molecule has 1 nitrogen and oxygen atoms in total. The molecule has 12 heavy (non-hydrogen) atoms. The van der Waals surface area contributed by atoms with E-state index >= 15 is 0 Å². The van der Waals surface area contributed by atoms with Crippen LogP contribution in [0.1, 0.15) is 46.5 Å². The van der Waals surface area contributed by atoms with E-state index in [2.05, 4.69) is 26.0 Å². The number of unbranched alkanes of at least 4 members (excludes halogenated alkanes) is 1. The summed E-state index contributed by atoms with van der Waals surface area (Å²) in [5.74, 6) is 0.406. The van der Waals surface area contributed by atoms with Crippen molar-refractivity contribution in [3.05, 3.63) is 12.2 Å². The molecule has 0 radical (unpaired) electrons. The molecule has 0 aliphatic rings. The molecule has 1 heteroatoms. The van der Waals surface area contributed by atoms with Crippen molar-refractivity contribution in [2.75, 3.05) is 0 Å². The minimum absolute atomic E-state index is 0.128. The Morgan fingerprint density at radius 3 is 2.42 bits per heavy atom. The fourth-order valence-corrected chi connectivity index (χ4v) is 1.15. The lowest BCUT2D eigenvalue weighted by Crippen LogP contribution is -2.15. The van der Waals surface area contributed by atoms with E-state index in [0.717, 1.165) is 19.3 Å². The van der Waals surface area contributed by atoms with Crippen molar-refractivity contribution < 1.29 is 5.11 Å². The number of aliphatic hydroxyl groups is 1. The summed E-state index contributed by atoms with van der Waals surface area (Å²) in [5.41, 5.74) is 0. The normalized spacial score (nSPS) is 16.7. The highest BCUT2D eigenvalue weighted by Gasteiger charge is 2.08. The number of aliphatic hydroxyl groups excluding tert-OH is 1. The van der Waals surface area contributed by atoms with Crippen molar-refractivity contribution in [3.8, 4) is 0 Å². The van der Waals surface area contributed by atoms with Gasteiger partial charge in [-0.05, 0) is 25.2 Å². The third kappa shape index (κ3) is 5.36. The lowest BCUT2D eigenvalue weighted by molar-refractivity contribution is 0.114. The molecule has 2 atom stereocenters. The molecule has 0 spiro atoms. The zero-order chi connectivity index (χ0) is 9.40. The lowest BCUT2D eigenvalue weighted by Gasteiger charge is -2.14. The Bertz CT molecular complexity index is 118. The van der Waals surface area contributed by atoms with E-state index in [1.807, 2.05) is 6.92 Å². The number of allylic oxidation sites excluding steroid dienone is 2. The highest BCUT2D eigenvalue weighted by atomic mass is 16.3. The molecule has 0 saturated heterocycles.